The van der Waals surface area contributed by atoms with Crippen LogP contribution in [-0.4, -0.2) is 42.6 Å². The van der Waals surface area contributed by atoms with Crippen molar-refractivity contribution in [2.45, 2.75) is 39.8 Å². The van der Waals surface area contributed by atoms with E-state index in [9.17, 15) is 22.8 Å². The Morgan fingerprint density at radius 3 is 2.52 bits per heavy atom. The van der Waals surface area contributed by atoms with E-state index < -0.39 is 17.8 Å². The fraction of sp³-hybridized carbons (Fsp3) is 0.241. The number of carbonyl (C=O) groups excluding carboxylic acids is 2. The number of aryl methyl sites for hydroxylation is 2. The van der Waals surface area contributed by atoms with Gasteiger partial charge in [-0.3, -0.25) is 9.69 Å². The van der Waals surface area contributed by atoms with E-state index in [1.165, 1.54) is 33.7 Å². The summed E-state index contributed by atoms with van der Waals surface area (Å²) in [5, 5.41) is 7.41. The molecule has 2 aromatic heterocycles. The highest BCUT2D eigenvalue weighted by atomic mass is 32.2. The molecule has 0 unspecified atom stereocenters. The zero-order valence-electron chi connectivity index (χ0n) is 23.1. The standard InChI is InChI=1S/C29H26F3N7O2S/c1-16(2)21-8-5-17(3)11-23(21)39-25(40)14-42-28(39)36-27(41)35-22-9-6-19(12-18(22)4)26-34-15-38(37-26)24-10-7-20(13-33-24)29(30,31)32/h5-13,15-16H,14H2,1-4H3,(H,35,41). The van der Waals surface area contributed by atoms with Gasteiger partial charge in [-0.15, -0.1) is 5.10 Å². The molecule has 3 heterocycles. The van der Waals surface area contributed by atoms with E-state index in [2.05, 4.69) is 25.4 Å². The molecule has 0 aliphatic carbocycles. The van der Waals surface area contributed by atoms with Crippen molar-refractivity contribution in [3.63, 3.8) is 0 Å². The average molecular weight is 594 g/mol. The van der Waals surface area contributed by atoms with Gasteiger partial charge in [0.15, 0.2) is 16.8 Å². The van der Waals surface area contributed by atoms with Crippen LogP contribution in [0.4, 0.5) is 29.3 Å². The predicted molar refractivity (Wildman–Crippen MR) is 156 cm³/mol. The number of anilines is 2. The van der Waals surface area contributed by atoms with Crippen LogP contribution in [0.25, 0.3) is 17.2 Å². The van der Waals surface area contributed by atoms with Crippen LogP contribution in [0.3, 0.4) is 0 Å². The summed E-state index contributed by atoms with van der Waals surface area (Å²) in [6.07, 6.45) is -2.38. The SMILES string of the molecule is Cc1ccc(C(C)C)c(N2C(=O)CSC2=NC(=O)Nc2ccc(-c3ncn(-c4ccc(C(F)(F)F)cn4)n3)cc2C)c1. The van der Waals surface area contributed by atoms with Gasteiger partial charge in [0.05, 0.1) is 17.0 Å². The van der Waals surface area contributed by atoms with Crippen molar-refractivity contribution >= 4 is 40.2 Å². The second-order valence-electron chi connectivity index (χ2n) is 10.0. The molecule has 1 saturated heterocycles. The predicted octanol–water partition coefficient (Wildman–Crippen LogP) is 6.76. The summed E-state index contributed by atoms with van der Waals surface area (Å²) in [7, 11) is 0. The molecule has 9 nitrogen and oxygen atoms in total. The lowest BCUT2D eigenvalue weighted by molar-refractivity contribution is -0.137. The van der Waals surface area contributed by atoms with E-state index in [1.54, 1.807) is 25.1 Å². The molecule has 5 rings (SSSR count). The van der Waals surface area contributed by atoms with E-state index in [-0.39, 0.29) is 23.4 Å². The molecule has 2 aromatic carbocycles. The lowest BCUT2D eigenvalue weighted by Crippen LogP contribution is -2.31. The Hall–Kier alpha value is -4.52. The van der Waals surface area contributed by atoms with Gasteiger partial charge in [-0.25, -0.2) is 19.4 Å². The zero-order chi connectivity index (χ0) is 30.2. The van der Waals surface area contributed by atoms with E-state index in [0.29, 0.717) is 27.8 Å². The summed E-state index contributed by atoms with van der Waals surface area (Å²) in [4.78, 5) is 39.6. The summed E-state index contributed by atoms with van der Waals surface area (Å²) in [6.45, 7) is 7.83. The first-order valence-electron chi connectivity index (χ1n) is 12.9. The van der Waals surface area contributed by atoms with Crippen molar-refractivity contribution in [2.24, 2.45) is 4.99 Å². The highest BCUT2D eigenvalue weighted by molar-refractivity contribution is 8.15. The van der Waals surface area contributed by atoms with Crippen molar-refractivity contribution in [3.8, 4) is 17.2 Å². The van der Waals surface area contributed by atoms with Crippen molar-refractivity contribution < 1.29 is 22.8 Å². The number of amides is 3. The normalized spacial score (nSPS) is 14.7. The first-order chi connectivity index (χ1) is 19.9. The van der Waals surface area contributed by atoms with Crippen molar-refractivity contribution in [2.75, 3.05) is 16.0 Å². The fourth-order valence-corrected chi connectivity index (χ4v) is 5.24. The van der Waals surface area contributed by atoms with Crippen LogP contribution in [0.1, 0.15) is 42.0 Å². The topological polar surface area (TPSA) is 105 Å². The Kier molecular flexibility index (Phi) is 7.87. The van der Waals surface area contributed by atoms with Gasteiger partial charge in [0.25, 0.3) is 0 Å². The molecular formula is C29H26F3N7O2S. The van der Waals surface area contributed by atoms with Crippen molar-refractivity contribution in [1.29, 1.82) is 0 Å². The molecule has 1 N–H and O–H groups in total. The van der Waals surface area contributed by atoms with Crippen LogP contribution in [0.15, 0.2) is 66.0 Å². The number of rotatable bonds is 5. The summed E-state index contributed by atoms with van der Waals surface area (Å²) in [5.74, 6) is 0.728. The summed E-state index contributed by atoms with van der Waals surface area (Å²) < 4.78 is 39.8. The maximum atomic E-state index is 12.9. The minimum Gasteiger partial charge on any atom is -0.306 e. The number of nitrogens with one attached hydrogen (secondary N) is 1. The number of halogens is 3. The molecule has 1 aliphatic rings. The van der Waals surface area contributed by atoms with Gasteiger partial charge in [-0.05, 0) is 72.9 Å². The lowest BCUT2D eigenvalue weighted by Gasteiger charge is -2.22. The molecule has 0 saturated carbocycles. The molecule has 0 radical (unpaired) electrons. The second-order valence-corrected chi connectivity index (χ2v) is 10.9. The first-order valence-corrected chi connectivity index (χ1v) is 13.9. The number of pyridine rings is 1. The molecule has 4 aromatic rings. The number of alkyl halides is 3. The smallest absolute Gasteiger partial charge is 0.306 e. The summed E-state index contributed by atoms with van der Waals surface area (Å²) in [6, 6.07) is 12.6. The van der Waals surface area contributed by atoms with E-state index in [0.717, 1.165) is 29.1 Å². The van der Waals surface area contributed by atoms with Crippen molar-refractivity contribution in [1.82, 2.24) is 19.7 Å². The van der Waals surface area contributed by atoms with Gasteiger partial charge < -0.3 is 5.32 Å². The molecule has 216 valence electrons. The molecular weight excluding hydrogens is 567 g/mol. The highest BCUT2D eigenvalue weighted by Gasteiger charge is 2.33. The van der Waals surface area contributed by atoms with Crippen LogP contribution >= 0.6 is 11.8 Å². The molecule has 0 spiro atoms. The molecule has 1 aliphatic heterocycles. The second kappa shape index (κ2) is 11.4. The third-order valence-electron chi connectivity index (χ3n) is 6.54. The number of hydrogen-bond donors (Lipinski definition) is 1. The number of hydrogen-bond acceptors (Lipinski definition) is 6. The Balaban J connectivity index is 1.33. The molecule has 42 heavy (non-hydrogen) atoms. The third kappa shape index (κ3) is 6.05. The first kappa shape index (κ1) is 29.0. The Bertz CT molecular complexity index is 1700. The van der Waals surface area contributed by atoms with Crippen LogP contribution in [0.2, 0.25) is 0 Å². The quantitative estimate of drug-likeness (QED) is 0.274. The minimum atomic E-state index is -4.48. The number of aliphatic imine (C=N–C) groups is 1. The van der Waals surface area contributed by atoms with Crippen LogP contribution in [-0.2, 0) is 11.0 Å². The van der Waals surface area contributed by atoms with Gasteiger partial charge in [0.2, 0.25) is 5.91 Å². The monoisotopic (exact) mass is 593 g/mol. The number of carbonyl (C=O) groups is 2. The number of amidine groups is 1. The number of thioether (sulfide) groups is 1. The Morgan fingerprint density at radius 2 is 1.86 bits per heavy atom. The maximum absolute atomic E-state index is 12.9. The summed E-state index contributed by atoms with van der Waals surface area (Å²) >= 11 is 1.21. The van der Waals surface area contributed by atoms with Gasteiger partial charge in [0, 0.05) is 17.4 Å². The average Bonchev–Trinajstić information content (AvgIpc) is 3.56. The molecule has 0 atom stereocenters. The molecule has 1 fully saturated rings. The largest absolute Gasteiger partial charge is 0.417 e. The van der Waals surface area contributed by atoms with Gasteiger partial charge >= 0.3 is 12.2 Å². The van der Waals surface area contributed by atoms with Crippen molar-refractivity contribution in [3.05, 3.63) is 83.3 Å². The summed E-state index contributed by atoms with van der Waals surface area (Å²) in [5.41, 5.74) is 3.70. The number of benzene rings is 2. The molecule has 3 amide bonds. The van der Waals surface area contributed by atoms with Crippen LogP contribution in [0.5, 0.6) is 0 Å². The molecule has 13 heteroatoms. The molecule has 0 bridgehead atoms. The van der Waals surface area contributed by atoms with E-state index in [4.69, 9.17) is 0 Å². The van der Waals surface area contributed by atoms with Gasteiger partial charge in [-0.1, -0.05) is 37.7 Å². The number of aromatic nitrogens is 4. The van der Waals surface area contributed by atoms with Gasteiger partial charge in [0.1, 0.15) is 6.33 Å². The number of urea groups is 1. The van der Waals surface area contributed by atoms with Crippen LogP contribution in [0, 0.1) is 13.8 Å². The maximum Gasteiger partial charge on any atom is 0.417 e. The third-order valence-corrected chi connectivity index (χ3v) is 7.46. The zero-order valence-corrected chi connectivity index (χ0v) is 23.9. The minimum absolute atomic E-state index is 0.141. The highest BCUT2D eigenvalue weighted by Crippen LogP contribution is 2.34. The number of nitrogens with zero attached hydrogens (tertiary/aromatic N) is 6. The van der Waals surface area contributed by atoms with Gasteiger partial charge in [-0.2, -0.15) is 18.2 Å². The lowest BCUT2D eigenvalue weighted by atomic mass is 9.99. The van der Waals surface area contributed by atoms with E-state index in [1.807, 2.05) is 39.0 Å². The Morgan fingerprint density at radius 1 is 1.07 bits per heavy atom. The fourth-order valence-electron chi connectivity index (χ4n) is 4.39. The van der Waals surface area contributed by atoms with E-state index >= 15 is 0 Å². The van der Waals surface area contributed by atoms with Crippen LogP contribution < -0.4 is 10.2 Å². The Labute approximate surface area is 243 Å².